The summed E-state index contributed by atoms with van der Waals surface area (Å²) in [7, 11) is 0. The Kier molecular flexibility index (Phi) is 6.40. The van der Waals surface area contributed by atoms with Crippen LogP contribution in [0.1, 0.15) is 13.8 Å². The van der Waals surface area contributed by atoms with Crippen molar-refractivity contribution in [2.45, 2.75) is 32.7 Å². The maximum Gasteiger partial charge on any atom is 0.387 e. The van der Waals surface area contributed by atoms with Gasteiger partial charge in [0.15, 0.2) is 17.4 Å². The molecule has 2 atom stereocenters. The molecule has 1 N–H and O–H groups in total. The van der Waals surface area contributed by atoms with Crippen LogP contribution >= 0.6 is 0 Å². The van der Waals surface area contributed by atoms with E-state index in [1.165, 1.54) is 12.3 Å². The third-order valence-electron chi connectivity index (χ3n) is 4.90. The highest BCUT2D eigenvalue weighted by molar-refractivity contribution is 5.69. The fraction of sp³-hybridized carbons (Fsp3) is 0.318. The van der Waals surface area contributed by atoms with Gasteiger partial charge in [0.25, 0.3) is 0 Å². The molecule has 7 nitrogen and oxygen atoms in total. The zero-order valence-corrected chi connectivity index (χ0v) is 17.5. The topological polar surface area (TPSA) is 72.4 Å². The smallest absolute Gasteiger partial charge is 0.387 e. The molecule has 0 radical (unpaired) electrons. The Hall–Kier alpha value is -3.40. The molecule has 2 aromatic heterocycles. The number of aromatic nitrogens is 3. The number of morpholine rings is 1. The van der Waals surface area contributed by atoms with E-state index < -0.39 is 18.2 Å². The van der Waals surface area contributed by atoms with E-state index in [1.54, 1.807) is 18.3 Å². The summed E-state index contributed by atoms with van der Waals surface area (Å²) in [6.07, 6.45) is 3.38. The number of nitrogens with zero attached hydrogens (tertiary/aromatic N) is 4. The van der Waals surface area contributed by atoms with Crippen LogP contribution in [-0.2, 0) is 4.74 Å². The maximum atomic E-state index is 14.1. The van der Waals surface area contributed by atoms with Crippen LogP contribution < -0.4 is 15.0 Å². The number of benzene rings is 1. The summed E-state index contributed by atoms with van der Waals surface area (Å²) in [6.45, 7) is 2.45. The second kappa shape index (κ2) is 9.39. The second-order valence-electron chi connectivity index (χ2n) is 7.54. The maximum absolute atomic E-state index is 14.1. The van der Waals surface area contributed by atoms with Crippen LogP contribution in [-0.4, -0.2) is 47.1 Å². The van der Waals surface area contributed by atoms with Crippen LogP contribution in [0.15, 0.2) is 48.8 Å². The van der Waals surface area contributed by atoms with Crippen molar-refractivity contribution in [3.8, 4) is 16.9 Å². The highest BCUT2D eigenvalue weighted by Gasteiger charge is 2.23. The Morgan fingerprint density at radius 1 is 1.09 bits per heavy atom. The van der Waals surface area contributed by atoms with E-state index >= 15 is 0 Å². The quantitative estimate of drug-likeness (QED) is 0.593. The standard InChI is InChI=1S/C22H22F3N5O2/c1-13-11-30(12-14(2)31-13)21-9-17(5-6-26-21)28-20-8-16(10-27-29-20)15-3-4-19(18(23)7-15)32-22(24)25/h3-10,13-14,22H,11-12H2,1-2H3,(H,26,28,29)/t13-,14+. The Morgan fingerprint density at radius 3 is 2.59 bits per heavy atom. The Morgan fingerprint density at radius 2 is 1.88 bits per heavy atom. The number of ether oxygens (including phenoxy) is 2. The summed E-state index contributed by atoms with van der Waals surface area (Å²) in [4.78, 5) is 6.63. The first-order valence-corrected chi connectivity index (χ1v) is 10.1. The molecular weight excluding hydrogens is 423 g/mol. The largest absolute Gasteiger partial charge is 0.432 e. The minimum atomic E-state index is -3.09. The van der Waals surface area contributed by atoms with Crippen LogP contribution in [0.25, 0.3) is 11.1 Å². The van der Waals surface area contributed by atoms with Gasteiger partial charge in [-0.15, -0.1) is 5.10 Å². The SMILES string of the molecule is C[C@@H]1CN(c2cc(Nc3cc(-c4ccc(OC(F)F)c(F)c4)cnn3)ccn2)C[C@H](C)O1. The average molecular weight is 445 g/mol. The number of alkyl halides is 2. The zero-order valence-electron chi connectivity index (χ0n) is 17.5. The molecule has 0 unspecified atom stereocenters. The molecule has 0 aliphatic carbocycles. The number of pyridine rings is 1. The highest BCUT2D eigenvalue weighted by atomic mass is 19.3. The van der Waals surface area contributed by atoms with Gasteiger partial charge in [0.1, 0.15) is 5.82 Å². The highest BCUT2D eigenvalue weighted by Crippen LogP contribution is 2.28. The lowest BCUT2D eigenvalue weighted by molar-refractivity contribution is -0.0521. The molecule has 4 rings (SSSR count). The number of hydrogen-bond acceptors (Lipinski definition) is 7. The Bertz CT molecular complexity index is 1070. The van der Waals surface area contributed by atoms with E-state index in [9.17, 15) is 13.2 Å². The van der Waals surface area contributed by atoms with Gasteiger partial charge in [-0.3, -0.25) is 0 Å². The molecule has 0 saturated carbocycles. The molecule has 32 heavy (non-hydrogen) atoms. The van der Waals surface area contributed by atoms with Gasteiger partial charge in [0.05, 0.1) is 18.4 Å². The van der Waals surface area contributed by atoms with Gasteiger partial charge in [-0.05, 0) is 43.7 Å². The summed E-state index contributed by atoms with van der Waals surface area (Å²) >= 11 is 0. The van der Waals surface area contributed by atoms with Crippen molar-refractivity contribution in [2.75, 3.05) is 23.3 Å². The lowest BCUT2D eigenvalue weighted by Crippen LogP contribution is -2.45. The predicted octanol–water partition coefficient (Wildman–Crippen LogP) is 4.64. The molecule has 168 valence electrons. The first-order valence-electron chi connectivity index (χ1n) is 10.1. The number of hydrogen-bond donors (Lipinski definition) is 1. The molecule has 1 aliphatic heterocycles. The van der Waals surface area contributed by atoms with Crippen LogP contribution in [0.5, 0.6) is 5.75 Å². The van der Waals surface area contributed by atoms with Crippen LogP contribution in [0.4, 0.5) is 30.5 Å². The average Bonchev–Trinajstić information content (AvgIpc) is 2.75. The molecule has 1 aliphatic rings. The van der Waals surface area contributed by atoms with Gasteiger partial charge >= 0.3 is 6.61 Å². The molecule has 10 heteroatoms. The normalized spacial score (nSPS) is 18.6. The summed E-state index contributed by atoms with van der Waals surface area (Å²) in [5.41, 5.74) is 1.78. The molecule has 1 aromatic carbocycles. The molecule has 0 spiro atoms. The fourth-order valence-corrected chi connectivity index (χ4v) is 3.64. The van der Waals surface area contributed by atoms with E-state index in [1.807, 2.05) is 19.9 Å². The van der Waals surface area contributed by atoms with E-state index in [2.05, 4.69) is 30.1 Å². The molecule has 1 fully saturated rings. The number of halogens is 3. The van der Waals surface area contributed by atoms with Crippen LogP contribution in [0.2, 0.25) is 0 Å². The molecule has 0 bridgehead atoms. The van der Waals surface area contributed by atoms with Gasteiger partial charge in [0.2, 0.25) is 0 Å². The number of rotatable bonds is 6. The van der Waals surface area contributed by atoms with Crippen molar-refractivity contribution in [1.82, 2.24) is 15.2 Å². The molecule has 3 aromatic rings. The summed E-state index contributed by atoms with van der Waals surface area (Å²) in [5.74, 6) is -0.142. The molecule has 0 amide bonds. The van der Waals surface area contributed by atoms with Gasteiger partial charge in [-0.25, -0.2) is 9.37 Å². The van der Waals surface area contributed by atoms with Gasteiger partial charge in [-0.2, -0.15) is 13.9 Å². The van der Waals surface area contributed by atoms with Crippen LogP contribution in [0, 0.1) is 5.82 Å². The number of nitrogens with one attached hydrogen (secondary N) is 1. The predicted molar refractivity (Wildman–Crippen MR) is 114 cm³/mol. The third kappa shape index (κ3) is 5.25. The monoisotopic (exact) mass is 445 g/mol. The van der Waals surface area contributed by atoms with E-state index in [-0.39, 0.29) is 12.2 Å². The third-order valence-corrected chi connectivity index (χ3v) is 4.90. The van der Waals surface area contributed by atoms with Crippen molar-refractivity contribution in [3.05, 3.63) is 54.6 Å². The van der Waals surface area contributed by atoms with Crippen molar-refractivity contribution in [3.63, 3.8) is 0 Å². The number of anilines is 3. The van der Waals surface area contributed by atoms with E-state index in [0.717, 1.165) is 36.7 Å². The van der Waals surface area contributed by atoms with Gasteiger partial charge in [-0.1, -0.05) is 6.07 Å². The lowest BCUT2D eigenvalue weighted by Gasteiger charge is -2.36. The van der Waals surface area contributed by atoms with Crippen molar-refractivity contribution < 1.29 is 22.6 Å². The lowest BCUT2D eigenvalue weighted by atomic mass is 10.1. The molecule has 1 saturated heterocycles. The van der Waals surface area contributed by atoms with Gasteiger partial charge in [0, 0.05) is 36.6 Å². The molecule has 3 heterocycles. The summed E-state index contributed by atoms with van der Waals surface area (Å²) < 4.78 is 48.7. The Labute approximate surface area is 183 Å². The van der Waals surface area contributed by atoms with Crippen molar-refractivity contribution in [1.29, 1.82) is 0 Å². The van der Waals surface area contributed by atoms with E-state index in [4.69, 9.17) is 4.74 Å². The fourth-order valence-electron chi connectivity index (χ4n) is 3.64. The summed E-state index contributed by atoms with van der Waals surface area (Å²) in [5, 5.41) is 11.2. The second-order valence-corrected chi connectivity index (χ2v) is 7.54. The minimum absolute atomic E-state index is 0.109. The Balaban J connectivity index is 1.52. The van der Waals surface area contributed by atoms with E-state index in [0.29, 0.717) is 16.9 Å². The van der Waals surface area contributed by atoms with Crippen molar-refractivity contribution in [2.24, 2.45) is 0 Å². The first-order chi connectivity index (χ1) is 15.4. The zero-order chi connectivity index (χ0) is 22.7. The molecular formula is C22H22F3N5O2. The first kappa shape index (κ1) is 21.8. The van der Waals surface area contributed by atoms with Gasteiger partial charge < -0.3 is 19.7 Å². The van der Waals surface area contributed by atoms with Crippen LogP contribution in [0.3, 0.4) is 0 Å². The minimum Gasteiger partial charge on any atom is -0.432 e. The summed E-state index contributed by atoms with van der Waals surface area (Å²) in [6, 6.07) is 9.16. The van der Waals surface area contributed by atoms with Crippen molar-refractivity contribution >= 4 is 17.3 Å².